The molecule has 0 atom stereocenters. The lowest BCUT2D eigenvalue weighted by atomic mass is 10.0. The van der Waals surface area contributed by atoms with E-state index in [1.165, 1.54) is 24.8 Å². The first-order valence-electron chi connectivity index (χ1n) is 6.72. The van der Waals surface area contributed by atoms with E-state index in [2.05, 4.69) is 24.0 Å². The number of hydrogen-bond donors (Lipinski definition) is 1. The second-order valence-corrected chi connectivity index (χ2v) is 4.98. The minimum Gasteiger partial charge on any atom is -0.507 e. The Bertz CT molecular complexity index is 561. The third-order valence-corrected chi connectivity index (χ3v) is 3.57. The lowest BCUT2D eigenvalue weighted by Crippen LogP contribution is -1.92. The van der Waals surface area contributed by atoms with Crippen LogP contribution in [0.4, 0.5) is 0 Å². The highest BCUT2D eigenvalue weighted by Crippen LogP contribution is 2.29. The van der Waals surface area contributed by atoms with Crippen molar-refractivity contribution in [2.45, 2.75) is 46.5 Å². The third-order valence-electron chi connectivity index (χ3n) is 3.57. The first-order chi connectivity index (χ1) is 8.63. The van der Waals surface area contributed by atoms with E-state index in [9.17, 15) is 5.11 Å². The molecule has 0 radical (unpaired) electrons. The number of hydrogen-bond acceptors (Lipinski definition) is 2. The second-order valence-electron chi connectivity index (χ2n) is 4.98. The van der Waals surface area contributed by atoms with Crippen LogP contribution >= 0.6 is 0 Å². The summed E-state index contributed by atoms with van der Waals surface area (Å²) >= 11 is 0. The van der Waals surface area contributed by atoms with E-state index in [1.54, 1.807) is 0 Å². The lowest BCUT2D eigenvalue weighted by molar-refractivity contribution is 0.476. The van der Waals surface area contributed by atoms with Gasteiger partial charge in [-0.05, 0) is 44.4 Å². The van der Waals surface area contributed by atoms with Crippen LogP contribution in [0.25, 0.3) is 10.9 Å². The minimum absolute atomic E-state index is 0.384. The Labute approximate surface area is 109 Å². The van der Waals surface area contributed by atoms with Crippen LogP contribution in [0.2, 0.25) is 0 Å². The van der Waals surface area contributed by atoms with Crippen LogP contribution in [0.3, 0.4) is 0 Å². The number of aromatic nitrogens is 1. The van der Waals surface area contributed by atoms with Crippen molar-refractivity contribution in [2.75, 3.05) is 0 Å². The Morgan fingerprint density at radius 2 is 1.94 bits per heavy atom. The second kappa shape index (κ2) is 5.38. The van der Waals surface area contributed by atoms with Crippen LogP contribution in [0.5, 0.6) is 5.75 Å². The van der Waals surface area contributed by atoms with Crippen molar-refractivity contribution in [3.63, 3.8) is 0 Å². The van der Waals surface area contributed by atoms with Gasteiger partial charge in [0, 0.05) is 16.6 Å². The Hall–Kier alpha value is -1.57. The van der Waals surface area contributed by atoms with E-state index >= 15 is 0 Å². The number of rotatable bonds is 4. The van der Waals surface area contributed by atoms with Crippen molar-refractivity contribution in [1.82, 2.24) is 4.98 Å². The zero-order chi connectivity index (χ0) is 13.1. The summed E-state index contributed by atoms with van der Waals surface area (Å²) in [5, 5.41) is 11.1. The molecule has 0 fully saturated rings. The number of nitrogens with zero attached hydrogens (tertiary/aromatic N) is 1. The van der Waals surface area contributed by atoms with E-state index in [4.69, 9.17) is 0 Å². The molecule has 2 rings (SSSR count). The summed E-state index contributed by atoms with van der Waals surface area (Å²) in [4.78, 5) is 4.51. The minimum atomic E-state index is 0.384. The van der Waals surface area contributed by atoms with Crippen LogP contribution in [-0.2, 0) is 6.42 Å². The molecule has 1 aromatic carbocycles. The van der Waals surface area contributed by atoms with Crippen LogP contribution in [-0.4, -0.2) is 10.1 Å². The summed E-state index contributed by atoms with van der Waals surface area (Å²) in [6.07, 6.45) is 4.78. The molecule has 1 aromatic heterocycles. The number of aryl methyl sites for hydroxylation is 2. The zero-order valence-electron chi connectivity index (χ0n) is 11.5. The van der Waals surface area contributed by atoms with E-state index in [-0.39, 0.29) is 0 Å². The smallest absolute Gasteiger partial charge is 0.129 e. The summed E-state index contributed by atoms with van der Waals surface area (Å²) in [7, 11) is 0. The molecule has 2 nitrogen and oxygen atoms in total. The molecule has 0 aliphatic heterocycles. The molecule has 2 aromatic rings. The van der Waals surface area contributed by atoms with Crippen molar-refractivity contribution >= 4 is 10.9 Å². The number of aromatic hydroxyl groups is 1. The van der Waals surface area contributed by atoms with Gasteiger partial charge in [0.15, 0.2) is 0 Å². The zero-order valence-corrected chi connectivity index (χ0v) is 11.5. The van der Waals surface area contributed by atoms with Crippen molar-refractivity contribution in [3.05, 3.63) is 35.0 Å². The molecule has 0 bridgehead atoms. The van der Waals surface area contributed by atoms with Crippen molar-refractivity contribution in [1.29, 1.82) is 0 Å². The number of fused-ring (bicyclic) bond motifs is 1. The molecule has 0 unspecified atom stereocenters. The van der Waals surface area contributed by atoms with E-state index in [0.717, 1.165) is 28.6 Å². The largest absolute Gasteiger partial charge is 0.507 e. The summed E-state index contributed by atoms with van der Waals surface area (Å²) in [5.41, 5.74) is 3.96. The number of pyridine rings is 1. The van der Waals surface area contributed by atoms with Gasteiger partial charge in [0.25, 0.3) is 0 Å². The highest BCUT2D eigenvalue weighted by molar-refractivity contribution is 5.87. The highest BCUT2D eigenvalue weighted by Gasteiger charge is 2.08. The van der Waals surface area contributed by atoms with Crippen LogP contribution in [0.15, 0.2) is 18.2 Å². The monoisotopic (exact) mass is 243 g/mol. The topological polar surface area (TPSA) is 33.1 Å². The molecule has 1 heterocycles. The van der Waals surface area contributed by atoms with Gasteiger partial charge in [0.1, 0.15) is 5.75 Å². The first-order valence-corrected chi connectivity index (χ1v) is 6.72. The average Bonchev–Trinajstić information content (AvgIpc) is 2.37. The van der Waals surface area contributed by atoms with Gasteiger partial charge in [-0.15, -0.1) is 0 Å². The van der Waals surface area contributed by atoms with Crippen LogP contribution < -0.4 is 0 Å². The normalized spacial score (nSPS) is 11.1. The van der Waals surface area contributed by atoms with E-state index in [0.29, 0.717) is 5.75 Å². The fraction of sp³-hybridized carbons (Fsp3) is 0.438. The van der Waals surface area contributed by atoms with Gasteiger partial charge in [0.2, 0.25) is 0 Å². The van der Waals surface area contributed by atoms with Gasteiger partial charge >= 0.3 is 0 Å². The van der Waals surface area contributed by atoms with Gasteiger partial charge in [-0.25, -0.2) is 0 Å². The summed E-state index contributed by atoms with van der Waals surface area (Å²) in [6.45, 7) is 6.06. The maximum absolute atomic E-state index is 10.2. The molecule has 2 heteroatoms. The summed E-state index contributed by atoms with van der Waals surface area (Å²) in [5.74, 6) is 0.384. The molecular formula is C16H21NO. The lowest BCUT2D eigenvalue weighted by Gasteiger charge is -2.09. The number of unbranched alkanes of at least 4 members (excludes halogenated alkanes) is 2. The Balaban J connectivity index is 2.38. The van der Waals surface area contributed by atoms with E-state index < -0.39 is 0 Å². The highest BCUT2D eigenvalue weighted by atomic mass is 16.3. The van der Waals surface area contributed by atoms with Gasteiger partial charge in [-0.1, -0.05) is 25.8 Å². The Morgan fingerprint density at radius 1 is 1.17 bits per heavy atom. The SMILES string of the molecule is CCCCCc1ccc2nc(C)c(C)c(O)c2c1. The Kier molecular flexibility index (Phi) is 3.85. The van der Waals surface area contributed by atoms with Gasteiger partial charge < -0.3 is 5.11 Å². The molecule has 96 valence electrons. The van der Waals surface area contributed by atoms with Crippen molar-refractivity contribution in [3.8, 4) is 5.75 Å². The summed E-state index contributed by atoms with van der Waals surface area (Å²) in [6, 6.07) is 6.22. The average molecular weight is 243 g/mol. The van der Waals surface area contributed by atoms with Crippen molar-refractivity contribution in [2.24, 2.45) is 0 Å². The Morgan fingerprint density at radius 3 is 2.67 bits per heavy atom. The molecule has 0 aliphatic carbocycles. The molecule has 0 saturated carbocycles. The summed E-state index contributed by atoms with van der Waals surface area (Å²) < 4.78 is 0. The number of benzene rings is 1. The standard InChI is InChI=1S/C16H21NO/c1-4-5-6-7-13-8-9-15-14(10-13)16(18)11(2)12(3)17-15/h8-10H,4-7H2,1-3H3,(H,17,18). The molecular weight excluding hydrogens is 222 g/mol. The maximum atomic E-state index is 10.2. The molecule has 1 N–H and O–H groups in total. The third kappa shape index (κ3) is 2.47. The molecule has 0 spiro atoms. The van der Waals surface area contributed by atoms with E-state index in [1.807, 2.05) is 19.9 Å². The van der Waals surface area contributed by atoms with Crippen molar-refractivity contribution < 1.29 is 5.11 Å². The molecule has 0 amide bonds. The van der Waals surface area contributed by atoms with Crippen LogP contribution in [0.1, 0.15) is 43.0 Å². The first kappa shape index (κ1) is 12.9. The van der Waals surface area contributed by atoms with Gasteiger partial charge in [-0.3, -0.25) is 4.98 Å². The maximum Gasteiger partial charge on any atom is 0.129 e. The van der Waals surface area contributed by atoms with Gasteiger partial charge in [0.05, 0.1) is 5.52 Å². The van der Waals surface area contributed by atoms with Crippen LogP contribution in [0, 0.1) is 13.8 Å². The molecule has 0 aliphatic rings. The predicted molar refractivity (Wildman–Crippen MR) is 76.1 cm³/mol. The van der Waals surface area contributed by atoms with Gasteiger partial charge in [-0.2, -0.15) is 0 Å². The molecule has 18 heavy (non-hydrogen) atoms. The quantitative estimate of drug-likeness (QED) is 0.813. The fourth-order valence-corrected chi connectivity index (χ4v) is 2.24. The molecule has 0 saturated heterocycles. The fourth-order valence-electron chi connectivity index (χ4n) is 2.24. The predicted octanol–water partition coefficient (Wildman–Crippen LogP) is 4.29.